The van der Waals surface area contributed by atoms with Crippen LogP contribution in [-0.2, 0) is 17.6 Å². The van der Waals surface area contributed by atoms with Crippen molar-refractivity contribution >= 4 is 23.2 Å². The smallest absolute Gasteiger partial charge is 0.406 e. The van der Waals surface area contributed by atoms with Crippen molar-refractivity contribution in [3.05, 3.63) is 69.5 Å². The van der Waals surface area contributed by atoms with E-state index in [0.29, 0.717) is 21.7 Å². The van der Waals surface area contributed by atoms with E-state index in [-0.39, 0.29) is 18.1 Å². The maximum atomic E-state index is 12.7. The minimum atomic E-state index is -4.79. The standard InChI is InChI=1S/C24H24F3N3O3S/c1-3-5-16-12-21(34-14(16)2)23(32)30-20(22(28)31)10-15-8-9-19(29-13-15)17-6-4-7-18(11-17)33-24(25,26)27/h4,6-9,11-13,20H,3,5,10H2,1-2H3,(H2,28,31)(H,30,32)/t20-/m1/s1. The number of carbonyl (C=O) groups is 2. The fourth-order valence-electron chi connectivity index (χ4n) is 3.41. The number of nitrogens with zero attached hydrogens (tertiary/aromatic N) is 1. The van der Waals surface area contributed by atoms with E-state index in [1.54, 1.807) is 18.2 Å². The van der Waals surface area contributed by atoms with Crippen molar-refractivity contribution in [1.29, 1.82) is 0 Å². The number of amides is 2. The van der Waals surface area contributed by atoms with Crippen LogP contribution in [0.5, 0.6) is 5.75 Å². The number of carbonyl (C=O) groups excluding carboxylic acids is 2. The number of benzene rings is 1. The monoisotopic (exact) mass is 491 g/mol. The number of nitrogens with two attached hydrogens (primary N) is 1. The second-order valence-electron chi connectivity index (χ2n) is 7.70. The molecule has 2 aromatic heterocycles. The summed E-state index contributed by atoms with van der Waals surface area (Å²) in [4.78, 5) is 30.5. The Labute approximate surface area is 199 Å². The van der Waals surface area contributed by atoms with E-state index < -0.39 is 18.3 Å². The first-order valence-corrected chi connectivity index (χ1v) is 11.4. The van der Waals surface area contributed by atoms with Crippen LogP contribution in [-0.4, -0.2) is 29.2 Å². The fourth-order valence-corrected chi connectivity index (χ4v) is 4.38. The molecule has 0 fully saturated rings. The zero-order valence-electron chi connectivity index (χ0n) is 18.6. The van der Waals surface area contributed by atoms with Gasteiger partial charge in [-0.15, -0.1) is 24.5 Å². The first kappa shape index (κ1) is 25.2. The molecule has 180 valence electrons. The zero-order valence-corrected chi connectivity index (χ0v) is 19.4. The average Bonchev–Trinajstić information content (AvgIpc) is 3.13. The number of rotatable bonds is 9. The van der Waals surface area contributed by atoms with Crippen LogP contribution in [0.4, 0.5) is 13.2 Å². The summed E-state index contributed by atoms with van der Waals surface area (Å²) in [7, 11) is 0. The number of halogens is 3. The summed E-state index contributed by atoms with van der Waals surface area (Å²) in [5.41, 5.74) is 8.10. The molecule has 3 rings (SSSR count). The van der Waals surface area contributed by atoms with Crippen LogP contribution in [0.1, 0.15) is 39.0 Å². The molecule has 0 spiro atoms. The van der Waals surface area contributed by atoms with Gasteiger partial charge in [0.15, 0.2) is 0 Å². The molecule has 6 nitrogen and oxygen atoms in total. The predicted octanol–water partition coefficient (Wildman–Crippen LogP) is 4.80. The molecule has 0 aliphatic carbocycles. The van der Waals surface area contributed by atoms with E-state index >= 15 is 0 Å². The van der Waals surface area contributed by atoms with Gasteiger partial charge in [0.2, 0.25) is 5.91 Å². The highest BCUT2D eigenvalue weighted by molar-refractivity contribution is 7.14. The number of nitrogens with one attached hydrogen (secondary N) is 1. The van der Waals surface area contributed by atoms with Crippen LogP contribution in [0, 0.1) is 6.92 Å². The number of hydrogen-bond acceptors (Lipinski definition) is 5. The fraction of sp³-hybridized carbons (Fsp3) is 0.292. The van der Waals surface area contributed by atoms with E-state index in [1.807, 2.05) is 13.0 Å². The van der Waals surface area contributed by atoms with E-state index in [0.717, 1.165) is 23.3 Å². The molecule has 2 heterocycles. The molecular formula is C24H24F3N3O3S. The molecule has 0 saturated heterocycles. The molecule has 0 bridgehead atoms. The van der Waals surface area contributed by atoms with Crippen molar-refractivity contribution in [2.45, 2.75) is 45.5 Å². The lowest BCUT2D eigenvalue weighted by atomic mass is 10.0. The maximum Gasteiger partial charge on any atom is 0.573 e. The Morgan fingerprint density at radius 3 is 2.59 bits per heavy atom. The molecule has 3 N–H and O–H groups in total. The van der Waals surface area contributed by atoms with Crippen molar-refractivity contribution < 1.29 is 27.5 Å². The Hall–Kier alpha value is -3.40. The van der Waals surface area contributed by atoms with Gasteiger partial charge in [-0.1, -0.05) is 31.5 Å². The number of thiophene rings is 1. The predicted molar refractivity (Wildman–Crippen MR) is 124 cm³/mol. The van der Waals surface area contributed by atoms with Crippen molar-refractivity contribution in [2.24, 2.45) is 5.73 Å². The summed E-state index contributed by atoms with van der Waals surface area (Å²) in [6.45, 7) is 4.02. The molecule has 0 saturated carbocycles. The third-order valence-electron chi connectivity index (χ3n) is 5.04. The van der Waals surface area contributed by atoms with Crippen LogP contribution in [0.15, 0.2) is 48.7 Å². The quantitative estimate of drug-likeness (QED) is 0.450. The average molecular weight is 492 g/mol. The molecular weight excluding hydrogens is 467 g/mol. The molecule has 10 heteroatoms. The Kier molecular flexibility index (Phi) is 7.93. The normalized spacial score (nSPS) is 12.3. The SMILES string of the molecule is CCCc1cc(C(=O)N[C@H](Cc2ccc(-c3cccc(OC(F)(F)F)c3)nc2)C(N)=O)sc1C. The van der Waals surface area contributed by atoms with Gasteiger partial charge in [0.25, 0.3) is 5.91 Å². The van der Waals surface area contributed by atoms with Gasteiger partial charge in [0.1, 0.15) is 11.8 Å². The zero-order chi connectivity index (χ0) is 24.9. The number of primary amides is 1. The van der Waals surface area contributed by atoms with Crippen molar-refractivity contribution in [2.75, 3.05) is 0 Å². The summed E-state index contributed by atoms with van der Waals surface area (Å²) < 4.78 is 41.3. The maximum absolute atomic E-state index is 12.7. The number of aromatic nitrogens is 1. The number of pyridine rings is 1. The summed E-state index contributed by atoms with van der Waals surface area (Å²) in [5, 5.41) is 2.69. The Bertz CT molecular complexity index is 1160. The van der Waals surface area contributed by atoms with Gasteiger partial charge in [-0.25, -0.2) is 0 Å². The highest BCUT2D eigenvalue weighted by atomic mass is 32.1. The molecule has 0 aliphatic rings. The molecule has 34 heavy (non-hydrogen) atoms. The summed E-state index contributed by atoms with van der Waals surface area (Å²) in [5.74, 6) is -1.40. The van der Waals surface area contributed by atoms with Gasteiger partial charge in [0.05, 0.1) is 10.6 Å². The van der Waals surface area contributed by atoms with Crippen LogP contribution in [0.25, 0.3) is 11.3 Å². The molecule has 0 radical (unpaired) electrons. The first-order chi connectivity index (χ1) is 16.1. The van der Waals surface area contributed by atoms with Crippen LogP contribution in [0.2, 0.25) is 0 Å². The minimum Gasteiger partial charge on any atom is -0.406 e. The second-order valence-corrected chi connectivity index (χ2v) is 8.96. The molecule has 0 aliphatic heterocycles. The number of ether oxygens (including phenoxy) is 1. The van der Waals surface area contributed by atoms with Crippen molar-refractivity contribution in [3.8, 4) is 17.0 Å². The lowest BCUT2D eigenvalue weighted by Crippen LogP contribution is -2.45. The molecule has 1 aromatic carbocycles. The second kappa shape index (κ2) is 10.7. The first-order valence-electron chi connectivity index (χ1n) is 10.6. The Balaban J connectivity index is 1.70. The van der Waals surface area contributed by atoms with Gasteiger partial charge >= 0.3 is 6.36 Å². The van der Waals surface area contributed by atoms with Crippen molar-refractivity contribution in [1.82, 2.24) is 10.3 Å². The molecule has 1 atom stereocenters. The minimum absolute atomic E-state index is 0.123. The van der Waals surface area contributed by atoms with E-state index in [4.69, 9.17) is 5.73 Å². The third-order valence-corrected chi connectivity index (χ3v) is 6.13. The number of hydrogen-bond donors (Lipinski definition) is 2. The Morgan fingerprint density at radius 1 is 1.21 bits per heavy atom. The summed E-state index contributed by atoms with van der Waals surface area (Å²) in [6.07, 6.45) is -1.34. The summed E-state index contributed by atoms with van der Waals surface area (Å²) in [6, 6.07) is 9.66. The highest BCUT2D eigenvalue weighted by Crippen LogP contribution is 2.27. The third kappa shape index (κ3) is 6.80. The van der Waals surface area contributed by atoms with Gasteiger partial charge in [-0.2, -0.15) is 0 Å². The topological polar surface area (TPSA) is 94.3 Å². The molecule has 2 amide bonds. The van der Waals surface area contributed by atoms with E-state index in [2.05, 4.69) is 22.0 Å². The summed E-state index contributed by atoms with van der Waals surface area (Å²) >= 11 is 1.37. The van der Waals surface area contributed by atoms with Gasteiger partial charge in [-0.05, 0) is 48.7 Å². The molecule has 3 aromatic rings. The van der Waals surface area contributed by atoms with E-state index in [1.165, 1.54) is 35.7 Å². The van der Waals surface area contributed by atoms with Gasteiger partial charge < -0.3 is 15.8 Å². The van der Waals surface area contributed by atoms with Gasteiger partial charge in [0, 0.05) is 23.1 Å². The van der Waals surface area contributed by atoms with Crippen LogP contribution >= 0.6 is 11.3 Å². The number of aryl methyl sites for hydroxylation is 2. The van der Waals surface area contributed by atoms with Crippen LogP contribution in [0.3, 0.4) is 0 Å². The van der Waals surface area contributed by atoms with Crippen molar-refractivity contribution in [3.63, 3.8) is 0 Å². The molecule has 0 unspecified atom stereocenters. The van der Waals surface area contributed by atoms with E-state index in [9.17, 15) is 22.8 Å². The van der Waals surface area contributed by atoms with Gasteiger partial charge in [-0.3, -0.25) is 14.6 Å². The lowest BCUT2D eigenvalue weighted by molar-refractivity contribution is -0.274. The lowest BCUT2D eigenvalue weighted by Gasteiger charge is -2.15. The Morgan fingerprint density at radius 2 is 1.97 bits per heavy atom. The highest BCUT2D eigenvalue weighted by Gasteiger charge is 2.31. The largest absolute Gasteiger partial charge is 0.573 e. The van der Waals surface area contributed by atoms with Crippen LogP contribution < -0.4 is 15.8 Å². The number of alkyl halides is 3.